The van der Waals surface area contributed by atoms with E-state index in [9.17, 15) is 0 Å². The number of hydrogen-bond acceptors (Lipinski definition) is 2. The van der Waals surface area contributed by atoms with Crippen molar-refractivity contribution in [3.05, 3.63) is 99.3 Å². The maximum atomic E-state index is 5.95. The van der Waals surface area contributed by atoms with Gasteiger partial charge in [-0.05, 0) is 97.6 Å². The fourth-order valence-corrected chi connectivity index (χ4v) is 4.20. The number of benzene rings is 2. The summed E-state index contributed by atoms with van der Waals surface area (Å²) in [6.07, 6.45) is 7.28. The highest BCUT2D eigenvalue weighted by molar-refractivity contribution is 6.30. The minimum atomic E-state index is 0.765. The fourth-order valence-electron chi connectivity index (χ4n) is 4.07. The summed E-state index contributed by atoms with van der Waals surface area (Å²) in [7, 11) is 0. The molecule has 0 N–H and O–H groups in total. The lowest BCUT2D eigenvalue weighted by Gasteiger charge is -2.16. The van der Waals surface area contributed by atoms with Crippen molar-refractivity contribution in [2.75, 3.05) is 13.1 Å². The minimum Gasteiger partial charge on any atom is -0.299 e. The molecule has 31 heavy (non-hydrogen) atoms. The van der Waals surface area contributed by atoms with Crippen LogP contribution in [0.15, 0.2) is 60.8 Å². The van der Waals surface area contributed by atoms with Crippen molar-refractivity contribution in [3.63, 3.8) is 0 Å². The lowest BCUT2D eigenvalue weighted by atomic mass is 10.0. The smallest absolute Gasteiger partial charge is 0.113 e. The number of rotatable bonds is 6. The number of nitrogens with zero attached hydrogens (tertiary/aromatic N) is 2. The molecule has 158 valence electrons. The molecule has 3 aromatic rings. The lowest BCUT2D eigenvalue weighted by molar-refractivity contribution is 0.330. The molecule has 4 rings (SSSR count). The SMILES string of the molecule is Cc1cc(CCC#Cc2ccc(Cc3ccc(Cl)cc3)cn2)ccc1CN1CCCC1. The Morgan fingerprint density at radius 2 is 1.68 bits per heavy atom. The Morgan fingerprint density at radius 1 is 0.935 bits per heavy atom. The molecule has 3 heteroatoms. The zero-order chi connectivity index (χ0) is 21.5. The molecule has 2 heterocycles. The van der Waals surface area contributed by atoms with Gasteiger partial charge in [-0.2, -0.15) is 0 Å². The summed E-state index contributed by atoms with van der Waals surface area (Å²) in [5.74, 6) is 6.49. The van der Waals surface area contributed by atoms with Crippen molar-refractivity contribution in [2.24, 2.45) is 0 Å². The molecular formula is C28H29ClN2. The van der Waals surface area contributed by atoms with Gasteiger partial charge in [-0.1, -0.05) is 53.9 Å². The summed E-state index contributed by atoms with van der Waals surface area (Å²) < 4.78 is 0. The second-order valence-electron chi connectivity index (χ2n) is 8.40. The second-order valence-corrected chi connectivity index (χ2v) is 8.84. The molecule has 0 bridgehead atoms. The molecule has 2 aromatic carbocycles. The van der Waals surface area contributed by atoms with Crippen molar-refractivity contribution in [3.8, 4) is 11.8 Å². The normalized spacial score (nSPS) is 13.7. The number of aromatic nitrogens is 1. The third-order valence-corrected chi connectivity index (χ3v) is 6.15. The Labute approximate surface area is 191 Å². The summed E-state index contributed by atoms with van der Waals surface area (Å²) in [5, 5.41) is 0.765. The molecule has 0 atom stereocenters. The van der Waals surface area contributed by atoms with Crippen molar-refractivity contribution >= 4 is 11.6 Å². The minimum absolute atomic E-state index is 0.765. The molecule has 0 spiro atoms. The monoisotopic (exact) mass is 428 g/mol. The van der Waals surface area contributed by atoms with Crippen LogP contribution in [0, 0.1) is 18.8 Å². The van der Waals surface area contributed by atoms with Gasteiger partial charge >= 0.3 is 0 Å². The number of hydrogen-bond donors (Lipinski definition) is 0. The lowest BCUT2D eigenvalue weighted by Crippen LogP contribution is -2.18. The van der Waals surface area contributed by atoms with Crippen molar-refractivity contribution in [1.82, 2.24) is 9.88 Å². The van der Waals surface area contributed by atoms with E-state index in [1.165, 1.54) is 53.7 Å². The first-order valence-corrected chi connectivity index (χ1v) is 11.5. The molecular weight excluding hydrogens is 400 g/mol. The summed E-state index contributed by atoms with van der Waals surface area (Å²) in [6.45, 7) is 5.81. The van der Waals surface area contributed by atoms with E-state index in [4.69, 9.17) is 11.6 Å². The van der Waals surface area contributed by atoms with Gasteiger partial charge in [-0.15, -0.1) is 0 Å². The fraction of sp³-hybridized carbons (Fsp3) is 0.321. The zero-order valence-electron chi connectivity index (χ0n) is 18.2. The highest BCUT2D eigenvalue weighted by Gasteiger charge is 2.12. The van der Waals surface area contributed by atoms with Gasteiger partial charge in [0.05, 0.1) is 0 Å². The third kappa shape index (κ3) is 6.44. The quantitative estimate of drug-likeness (QED) is 0.433. The van der Waals surface area contributed by atoms with E-state index in [0.29, 0.717) is 0 Å². The average Bonchev–Trinajstić information content (AvgIpc) is 3.29. The van der Waals surface area contributed by atoms with Crippen LogP contribution >= 0.6 is 11.6 Å². The molecule has 0 radical (unpaired) electrons. The highest BCUT2D eigenvalue weighted by atomic mass is 35.5. The maximum absolute atomic E-state index is 5.95. The van der Waals surface area contributed by atoms with Gasteiger partial charge in [0.1, 0.15) is 5.69 Å². The second kappa shape index (κ2) is 10.6. The van der Waals surface area contributed by atoms with E-state index in [1.807, 2.05) is 24.4 Å². The zero-order valence-corrected chi connectivity index (χ0v) is 19.0. The Balaban J connectivity index is 1.27. The van der Waals surface area contributed by atoms with Crippen LogP contribution in [0.1, 0.15) is 52.8 Å². The number of aryl methyl sites for hydroxylation is 2. The van der Waals surface area contributed by atoms with Gasteiger partial charge in [0.15, 0.2) is 0 Å². The predicted octanol–water partition coefficient (Wildman–Crippen LogP) is 6.21. The summed E-state index contributed by atoms with van der Waals surface area (Å²) in [6, 6.07) is 19.0. The third-order valence-electron chi connectivity index (χ3n) is 5.90. The van der Waals surface area contributed by atoms with Crippen LogP contribution in [-0.2, 0) is 19.4 Å². The van der Waals surface area contributed by atoms with Gasteiger partial charge in [0, 0.05) is 24.2 Å². The molecule has 1 saturated heterocycles. The van der Waals surface area contributed by atoms with E-state index in [1.54, 1.807) is 0 Å². The van der Waals surface area contributed by atoms with Crippen molar-refractivity contribution in [2.45, 2.75) is 45.6 Å². The van der Waals surface area contributed by atoms with Gasteiger partial charge in [0.2, 0.25) is 0 Å². The Hall–Kier alpha value is -2.60. The van der Waals surface area contributed by atoms with Crippen LogP contribution in [0.4, 0.5) is 0 Å². The molecule has 1 aromatic heterocycles. The van der Waals surface area contributed by atoms with E-state index >= 15 is 0 Å². The van der Waals surface area contributed by atoms with Crippen molar-refractivity contribution in [1.29, 1.82) is 0 Å². The summed E-state index contributed by atoms with van der Waals surface area (Å²) in [4.78, 5) is 7.06. The summed E-state index contributed by atoms with van der Waals surface area (Å²) in [5.41, 5.74) is 7.46. The van der Waals surface area contributed by atoms with Gasteiger partial charge < -0.3 is 0 Å². The van der Waals surface area contributed by atoms with Gasteiger partial charge in [0.25, 0.3) is 0 Å². The molecule has 0 unspecified atom stereocenters. The number of pyridine rings is 1. The molecule has 1 aliphatic heterocycles. The first-order valence-electron chi connectivity index (χ1n) is 11.1. The molecule has 0 saturated carbocycles. The average molecular weight is 429 g/mol. The van der Waals surface area contributed by atoms with E-state index in [2.05, 4.69) is 65.0 Å². The Kier molecular flexibility index (Phi) is 7.41. The topological polar surface area (TPSA) is 16.1 Å². The first-order chi connectivity index (χ1) is 15.2. The first kappa shape index (κ1) is 21.6. The molecule has 0 amide bonds. The number of halogens is 1. The van der Waals surface area contributed by atoms with Crippen LogP contribution in [0.2, 0.25) is 5.02 Å². The molecule has 0 aliphatic carbocycles. The van der Waals surface area contributed by atoms with E-state index < -0.39 is 0 Å². The molecule has 1 aliphatic rings. The van der Waals surface area contributed by atoms with Crippen LogP contribution in [0.3, 0.4) is 0 Å². The van der Waals surface area contributed by atoms with Crippen LogP contribution < -0.4 is 0 Å². The van der Waals surface area contributed by atoms with Gasteiger partial charge in [-0.25, -0.2) is 4.98 Å². The predicted molar refractivity (Wildman–Crippen MR) is 129 cm³/mol. The molecule has 2 nitrogen and oxygen atoms in total. The highest BCUT2D eigenvalue weighted by Crippen LogP contribution is 2.18. The van der Waals surface area contributed by atoms with Crippen LogP contribution in [0.25, 0.3) is 0 Å². The van der Waals surface area contributed by atoms with Gasteiger partial charge in [-0.3, -0.25) is 4.90 Å². The maximum Gasteiger partial charge on any atom is 0.113 e. The molecule has 1 fully saturated rings. The number of likely N-dealkylation sites (tertiary alicyclic amines) is 1. The van der Waals surface area contributed by atoms with E-state index in [-0.39, 0.29) is 0 Å². The van der Waals surface area contributed by atoms with Crippen molar-refractivity contribution < 1.29 is 0 Å². The largest absolute Gasteiger partial charge is 0.299 e. The van der Waals surface area contributed by atoms with Crippen LogP contribution in [-0.4, -0.2) is 23.0 Å². The standard InChI is InChI=1S/C28H29ClN2/c1-22-18-23(8-12-26(22)21-31-16-4-5-17-31)6-2-3-7-28-15-11-25(20-30-28)19-24-9-13-27(29)14-10-24/h8-15,18,20H,2,4-6,16-17,19,21H2,1H3. The Bertz CT molecular complexity index is 1050. The van der Waals surface area contributed by atoms with E-state index in [0.717, 1.165) is 36.5 Å². The van der Waals surface area contributed by atoms with Crippen LogP contribution in [0.5, 0.6) is 0 Å². The summed E-state index contributed by atoms with van der Waals surface area (Å²) >= 11 is 5.95. The Morgan fingerprint density at radius 3 is 2.39 bits per heavy atom.